The fraction of sp³-hybridized carbons (Fsp3) is 0.429. The summed E-state index contributed by atoms with van der Waals surface area (Å²) in [4.78, 5) is 34.5. The van der Waals surface area contributed by atoms with Crippen molar-refractivity contribution in [3.05, 3.63) is 32.0 Å². The Morgan fingerprint density at radius 2 is 1.92 bits per heavy atom. The number of anilines is 1. The van der Waals surface area contributed by atoms with Gasteiger partial charge in [0.1, 0.15) is 25.5 Å². The van der Waals surface area contributed by atoms with Crippen LogP contribution in [0.5, 0.6) is 0 Å². The van der Waals surface area contributed by atoms with E-state index < -0.39 is 28.3 Å². The fourth-order valence-electron chi connectivity index (χ4n) is 1.86. The number of esters is 1. The molecule has 0 bridgehead atoms. The van der Waals surface area contributed by atoms with Crippen molar-refractivity contribution in [3.8, 4) is 0 Å². The van der Waals surface area contributed by atoms with Gasteiger partial charge in [-0.2, -0.15) is 4.39 Å². The van der Waals surface area contributed by atoms with Crippen molar-refractivity contribution in [1.82, 2.24) is 0 Å². The molecule has 0 fully saturated rings. The summed E-state index contributed by atoms with van der Waals surface area (Å²) in [5, 5.41) is 11.2. The van der Waals surface area contributed by atoms with Gasteiger partial charge in [0.15, 0.2) is 0 Å². The number of nitro groups is 1. The van der Waals surface area contributed by atoms with E-state index in [-0.39, 0.29) is 35.5 Å². The third-order valence-electron chi connectivity index (χ3n) is 3.07. The van der Waals surface area contributed by atoms with Crippen LogP contribution < -0.4 is 4.90 Å². The number of carbonyl (C=O) groups is 2. The largest absolute Gasteiger partial charge is 0.459 e. The predicted octanol–water partition coefficient (Wildman–Crippen LogP) is 1.80. The van der Waals surface area contributed by atoms with E-state index in [0.29, 0.717) is 0 Å². The second-order valence-corrected chi connectivity index (χ2v) is 5.56. The molecule has 1 amide bonds. The Kier molecular flexibility index (Phi) is 7.87. The molecule has 1 aromatic rings. The van der Waals surface area contributed by atoms with Crippen LogP contribution in [0.15, 0.2) is 10.5 Å². The van der Waals surface area contributed by atoms with Crippen LogP contribution in [-0.4, -0.2) is 51.3 Å². The van der Waals surface area contributed by atoms with Crippen LogP contribution in [0.3, 0.4) is 0 Å². The Bertz CT molecular complexity index is 684. The van der Waals surface area contributed by atoms with Crippen LogP contribution in [0.25, 0.3) is 0 Å². The summed E-state index contributed by atoms with van der Waals surface area (Å²) in [5.41, 5.74) is -1.06. The number of likely N-dealkylation sites (N-methyl/N-ethyl adjacent to an activating group) is 1. The van der Waals surface area contributed by atoms with Gasteiger partial charge in [-0.1, -0.05) is 0 Å². The quantitative estimate of drug-likeness (QED) is 0.356. The lowest BCUT2D eigenvalue weighted by Crippen LogP contribution is -2.30. The highest BCUT2D eigenvalue weighted by atomic mass is 79.9. The minimum atomic E-state index is -1.18. The number of amides is 1. The Hall–Kier alpha value is -2.11. The van der Waals surface area contributed by atoms with Crippen LogP contribution in [0.4, 0.5) is 15.8 Å². The van der Waals surface area contributed by atoms with Gasteiger partial charge in [-0.15, -0.1) is 0 Å². The highest BCUT2D eigenvalue weighted by Crippen LogP contribution is 2.37. The Morgan fingerprint density at radius 3 is 2.44 bits per heavy atom. The zero-order valence-electron chi connectivity index (χ0n) is 13.7. The molecule has 0 aliphatic heterocycles. The maximum Gasteiger partial charge on any atom is 0.332 e. The molecule has 0 aliphatic rings. The first-order chi connectivity index (χ1) is 11.7. The normalized spacial score (nSPS) is 10.4. The van der Waals surface area contributed by atoms with Crippen molar-refractivity contribution < 1.29 is 33.1 Å². The lowest BCUT2D eigenvalue weighted by Gasteiger charge is -2.19. The number of nitrogens with zero attached hydrogens (tertiary/aromatic N) is 2. The summed E-state index contributed by atoms with van der Waals surface area (Å²) < 4.78 is 28.4. The molecule has 138 valence electrons. The van der Waals surface area contributed by atoms with Gasteiger partial charge < -0.3 is 19.1 Å². The molecule has 0 heterocycles. The number of ether oxygens (including phenoxy) is 3. The maximum atomic E-state index is 14.4. The third-order valence-corrected chi connectivity index (χ3v) is 3.93. The summed E-state index contributed by atoms with van der Waals surface area (Å²) in [6.45, 7) is -1.01. The van der Waals surface area contributed by atoms with Gasteiger partial charge in [0.2, 0.25) is 5.82 Å². The van der Waals surface area contributed by atoms with E-state index in [0.717, 1.165) is 4.90 Å². The minimum Gasteiger partial charge on any atom is -0.459 e. The number of carbonyl (C=O) groups excluding carboxylic acids is 2. The van der Waals surface area contributed by atoms with Gasteiger partial charge in [-0.3, -0.25) is 14.9 Å². The highest BCUT2D eigenvalue weighted by molar-refractivity contribution is 9.10. The van der Waals surface area contributed by atoms with E-state index in [9.17, 15) is 24.1 Å². The summed E-state index contributed by atoms with van der Waals surface area (Å²) >= 11 is 2.91. The number of benzene rings is 1. The standard InChI is InChI=1S/C14H16BrFN2O7/c1-17(10(19)6-23-2)9-4-8(5-25-11(20)7-24-3)12(15)13(16)14(9)18(21)22/h4H,5-7H2,1-3H3. The number of nitro benzene ring substituents is 1. The molecule has 9 nitrogen and oxygen atoms in total. The minimum absolute atomic E-state index is 0.111. The molecular formula is C14H16BrFN2O7. The second-order valence-electron chi connectivity index (χ2n) is 4.77. The fourth-order valence-corrected chi connectivity index (χ4v) is 2.28. The molecule has 0 unspecified atom stereocenters. The van der Waals surface area contributed by atoms with E-state index >= 15 is 0 Å². The smallest absolute Gasteiger partial charge is 0.332 e. The topological polar surface area (TPSA) is 108 Å². The first kappa shape index (κ1) is 20.9. The van der Waals surface area contributed by atoms with E-state index in [4.69, 9.17) is 4.74 Å². The van der Waals surface area contributed by atoms with Gasteiger partial charge in [0.25, 0.3) is 5.91 Å². The van der Waals surface area contributed by atoms with Gasteiger partial charge in [0, 0.05) is 26.8 Å². The van der Waals surface area contributed by atoms with Gasteiger partial charge in [-0.25, -0.2) is 4.79 Å². The molecule has 0 N–H and O–H groups in total. The first-order valence-corrected chi connectivity index (χ1v) is 7.59. The predicted molar refractivity (Wildman–Crippen MR) is 87.7 cm³/mol. The Morgan fingerprint density at radius 1 is 1.32 bits per heavy atom. The molecule has 0 saturated carbocycles. The number of hydrogen-bond acceptors (Lipinski definition) is 7. The van der Waals surface area contributed by atoms with Crippen LogP contribution in [-0.2, 0) is 30.4 Å². The summed E-state index contributed by atoms with van der Waals surface area (Å²) in [7, 11) is 3.83. The molecule has 1 rings (SSSR count). The molecule has 0 saturated heterocycles. The first-order valence-electron chi connectivity index (χ1n) is 6.79. The van der Waals surface area contributed by atoms with Crippen molar-refractivity contribution in [2.45, 2.75) is 6.61 Å². The average molecular weight is 423 g/mol. The number of rotatable bonds is 8. The van der Waals surface area contributed by atoms with Crippen LogP contribution >= 0.6 is 15.9 Å². The SMILES string of the molecule is COCC(=O)OCc1cc(N(C)C(=O)COC)c([N+](=O)[O-])c(F)c1Br. The summed E-state index contributed by atoms with van der Waals surface area (Å²) in [5.74, 6) is -2.49. The lowest BCUT2D eigenvalue weighted by atomic mass is 10.1. The molecule has 0 aromatic heterocycles. The maximum absolute atomic E-state index is 14.4. The molecule has 0 spiro atoms. The lowest BCUT2D eigenvalue weighted by molar-refractivity contribution is -0.386. The number of halogens is 2. The molecule has 0 atom stereocenters. The van der Waals surface area contributed by atoms with Crippen molar-refractivity contribution in [2.24, 2.45) is 0 Å². The van der Waals surface area contributed by atoms with Crippen molar-refractivity contribution >= 4 is 39.2 Å². The molecule has 11 heteroatoms. The number of methoxy groups -OCH3 is 2. The molecule has 25 heavy (non-hydrogen) atoms. The van der Waals surface area contributed by atoms with Crippen molar-refractivity contribution in [3.63, 3.8) is 0 Å². The molecule has 0 radical (unpaired) electrons. The zero-order valence-corrected chi connectivity index (χ0v) is 15.3. The van der Waals surface area contributed by atoms with Gasteiger partial charge >= 0.3 is 11.7 Å². The Balaban J connectivity index is 3.31. The van der Waals surface area contributed by atoms with Crippen molar-refractivity contribution in [1.29, 1.82) is 0 Å². The van der Waals surface area contributed by atoms with E-state index in [1.165, 1.54) is 27.3 Å². The highest BCUT2D eigenvalue weighted by Gasteiger charge is 2.30. The molecule has 0 aliphatic carbocycles. The van der Waals surface area contributed by atoms with Crippen LogP contribution in [0.2, 0.25) is 0 Å². The van der Waals surface area contributed by atoms with E-state index in [1.54, 1.807) is 0 Å². The van der Waals surface area contributed by atoms with Gasteiger partial charge in [0.05, 0.1) is 9.40 Å². The van der Waals surface area contributed by atoms with Crippen LogP contribution in [0, 0.1) is 15.9 Å². The summed E-state index contributed by atoms with van der Waals surface area (Å²) in [6.07, 6.45) is 0. The molecule has 1 aromatic carbocycles. The number of hydrogen-bond donors (Lipinski definition) is 0. The molecular weight excluding hydrogens is 407 g/mol. The Labute approximate surface area is 150 Å². The van der Waals surface area contributed by atoms with E-state index in [2.05, 4.69) is 25.4 Å². The zero-order chi connectivity index (χ0) is 19.1. The monoisotopic (exact) mass is 422 g/mol. The second kappa shape index (κ2) is 9.39. The third kappa shape index (κ3) is 5.18. The van der Waals surface area contributed by atoms with E-state index in [1.807, 2.05) is 0 Å². The van der Waals surface area contributed by atoms with Gasteiger partial charge in [-0.05, 0) is 22.0 Å². The summed E-state index contributed by atoms with van der Waals surface area (Å²) in [6, 6.07) is 1.19. The van der Waals surface area contributed by atoms with Crippen LogP contribution in [0.1, 0.15) is 5.56 Å². The average Bonchev–Trinajstić information content (AvgIpc) is 2.55. The van der Waals surface area contributed by atoms with Crippen molar-refractivity contribution in [2.75, 3.05) is 39.4 Å².